The van der Waals surface area contributed by atoms with Gasteiger partial charge in [0.05, 0.1) is 31.5 Å². The highest BCUT2D eigenvalue weighted by Crippen LogP contribution is 2.37. The van der Waals surface area contributed by atoms with Crippen molar-refractivity contribution in [2.45, 2.75) is 37.4 Å². The summed E-state index contributed by atoms with van der Waals surface area (Å²) in [5.74, 6) is 1.37. The Morgan fingerprint density at radius 2 is 2.07 bits per heavy atom. The molecule has 3 heterocycles. The van der Waals surface area contributed by atoms with E-state index in [0.29, 0.717) is 32.1 Å². The third-order valence-corrected chi connectivity index (χ3v) is 5.68. The minimum atomic E-state index is -0.157. The number of piperidine rings is 1. The number of carbonyl (C=O) groups excluding carboxylic acids is 1. The smallest absolute Gasteiger partial charge is 0.238 e. The SMILES string of the molecule is COC1CN(CC(=O)Nc2ccc3c(c2)OCCCO3)CCC12CCCO2. The molecule has 2 saturated heterocycles. The molecule has 3 aliphatic heterocycles. The third kappa shape index (κ3) is 4.05. The number of ether oxygens (including phenoxy) is 4. The number of anilines is 1. The molecule has 1 aromatic carbocycles. The van der Waals surface area contributed by atoms with Gasteiger partial charge in [-0.2, -0.15) is 0 Å². The van der Waals surface area contributed by atoms with E-state index in [9.17, 15) is 4.79 Å². The Morgan fingerprint density at radius 1 is 1.22 bits per heavy atom. The molecule has 148 valence electrons. The van der Waals surface area contributed by atoms with Crippen LogP contribution in [-0.4, -0.2) is 69.1 Å². The number of hydrogen-bond donors (Lipinski definition) is 1. The van der Waals surface area contributed by atoms with E-state index in [0.717, 1.165) is 50.3 Å². The molecule has 2 fully saturated rings. The molecule has 0 aliphatic carbocycles. The molecule has 0 radical (unpaired) electrons. The zero-order valence-electron chi connectivity index (χ0n) is 15.9. The Kier molecular flexibility index (Phi) is 5.52. The molecule has 0 bridgehead atoms. The molecule has 1 spiro atoms. The molecule has 2 atom stereocenters. The van der Waals surface area contributed by atoms with Gasteiger partial charge in [-0.15, -0.1) is 0 Å². The second-order valence-electron chi connectivity index (χ2n) is 7.49. The maximum absolute atomic E-state index is 12.5. The molecule has 7 heteroatoms. The predicted molar refractivity (Wildman–Crippen MR) is 100 cm³/mol. The van der Waals surface area contributed by atoms with Crippen LogP contribution >= 0.6 is 0 Å². The van der Waals surface area contributed by atoms with Gasteiger partial charge in [-0.25, -0.2) is 0 Å². The minimum Gasteiger partial charge on any atom is -0.490 e. The van der Waals surface area contributed by atoms with Crippen LogP contribution in [0.2, 0.25) is 0 Å². The molecule has 27 heavy (non-hydrogen) atoms. The summed E-state index contributed by atoms with van der Waals surface area (Å²) < 4.78 is 23.0. The van der Waals surface area contributed by atoms with E-state index < -0.39 is 0 Å². The Labute approximate surface area is 159 Å². The largest absolute Gasteiger partial charge is 0.490 e. The first kappa shape index (κ1) is 18.5. The van der Waals surface area contributed by atoms with Crippen molar-refractivity contribution in [1.29, 1.82) is 0 Å². The average molecular weight is 376 g/mol. The lowest BCUT2D eigenvalue weighted by Crippen LogP contribution is -2.57. The second kappa shape index (κ2) is 8.04. The van der Waals surface area contributed by atoms with Crippen LogP contribution in [0.15, 0.2) is 18.2 Å². The monoisotopic (exact) mass is 376 g/mol. The molecule has 7 nitrogen and oxygen atoms in total. The summed E-state index contributed by atoms with van der Waals surface area (Å²) >= 11 is 0. The number of carbonyl (C=O) groups is 1. The van der Waals surface area contributed by atoms with Gasteiger partial charge in [0.1, 0.15) is 0 Å². The van der Waals surface area contributed by atoms with Crippen molar-refractivity contribution in [3.05, 3.63) is 18.2 Å². The first-order valence-corrected chi connectivity index (χ1v) is 9.77. The number of likely N-dealkylation sites (tertiary alicyclic amines) is 1. The normalized spacial score (nSPS) is 28.1. The van der Waals surface area contributed by atoms with Gasteiger partial charge < -0.3 is 24.3 Å². The topological polar surface area (TPSA) is 69.3 Å². The van der Waals surface area contributed by atoms with Crippen LogP contribution in [0, 0.1) is 0 Å². The van der Waals surface area contributed by atoms with E-state index in [1.165, 1.54) is 0 Å². The van der Waals surface area contributed by atoms with Crippen molar-refractivity contribution < 1.29 is 23.7 Å². The number of benzene rings is 1. The summed E-state index contributed by atoms with van der Waals surface area (Å²) in [7, 11) is 1.73. The summed E-state index contributed by atoms with van der Waals surface area (Å²) in [5, 5.41) is 2.97. The molecule has 2 unspecified atom stereocenters. The van der Waals surface area contributed by atoms with Gasteiger partial charge in [0.2, 0.25) is 5.91 Å². The number of nitrogens with zero attached hydrogens (tertiary/aromatic N) is 1. The molecule has 0 aromatic heterocycles. The maximum atomic E-state index is 12.5. The highest BCUT2D eigenvalue weighted by atomic mass is 16.6. The third-order valence-electron chi connectivity index (χ3n) is 5.68. The van der Waals surface area contributed by atoms with Crippen molar-refractivity contribution in [2.75, 3.05) is 51.9 Å². The van der Waals surface area contributed by atoms with Crippen molar-refractivity contribution in [3.63, 3.8) is 0 Å². The molecule has 1 N–H and O–H groups in total. The van der Waals surface area contributed by atoms with Crippen molar-refractivity contribution in [1.82, 2.24) is 4.90 Å². The highest BCUT2D eigenvalue weighted by Gasteiger charge is 2.46. The number of methoxy groups -OCH3 is 1. The zero-order valence-corrected chi connectivity index (χ0v) is 15.9. The van der Waals surface area contributed by atoms with Gasteiger partial charge in [-0.3, -0.25) is 9.69 Å². The lowest BCUT2D eigenvalue weighted by atomic mass is 9.86. The molecule has 1 aromatic rings. The molecule has 4 rings (SSSR count). The van der Waals surface area contributed by atoms with Crippen LogP contribution in [-0.2, 0) is 14.3 Å². The molecule has 0 saturated carbocycles. The first-order valence-electron chi connectivity index (χ1n) is 9.77. The quantitative estimate of drug-likeness (QED) is 0.868. The molecular formula is C20H28N2O5. The second-order valence-corrected chi connectivity index (χ2v) is 7.49. The molecule has 1 amide bonds. The van der Waals surface area contributed by atoms with Crippen LogP contribution in [0.1, 0.15) is 25.7 Å². The van der Waals surface area contributed by atoms with Crippen molar-refractivity contribution in [2.24, 2.45) is 0 Å². The van der Waals surface area contributed by atoms with E-state index in [2.05, 4.69) is 10.2 Å². The van der Waals surface area contributed by atoms with Crippen LogP contribution in [0.5, 0.6) is 11.5 Å². The van der Waals surface area contributed by atoms with E-state index >= 15 is 0 Å². The van der Waals surface area contributed by atoms with Crippen molar-refractivity contribution >= 4 is 11.6 Å². The van der Waals surface area contributed by atoms with Gasteiger partial charge in [0, 0.05) is 45.0 Å². The maximum Gasteiger partial charge on any atom is 0.238 e. The first-order chi connectivity index (χ1) is 13.2. The summed E-state index contributed by atoms with van der Waals surface area (Å²) in [6.07, 6.45) is 3.91. The lowest BCUT2D eigenvalue weighted by Gasteiger charge is -2.44. The molecular weight excluding hydrogens is 348 g/mol. The lowest BCUT2D eigenvalue weighted by molar-refractivity contribution is -0.145. The van der Waals surface area contributed by atoms with Crippen LogP contribution in [0.3, 0.4) is 0 Å². The van der Waals surface area contributed by atoms with Gasteiger partial charge in [-0.1, -0.05) is 0 Å². The molecule has 3 aliphatic rings. The number of fused-ring (bicyclic) bond motifs is 1. The van der Waals surface area contributed by atoms with E-state index in [1.54, 1.807) is 7.11 Å². The number of hydrogen-bond acceptors (Lipinski definition) is 6. The number of amides is 1. The van der Waals surface area contributed by atoms with Gasteiger partial charge in [-0.05, 0) is 31.4 Å². The highest BCUT2D eigenvalue weighted by molar-refractivity contribution is 5.92. The van der Waals surface area contributed by atoms with E-state index in [4.69, 9.17) is 18.9 Å². The van der Waals surface area contributed by atoms with E-state index in [1.807, 2.05) is 18.2 Å². The Morgan fingerprint density at radius 3 is 2.85 bits per heavy atom. The van der Waals surface area contributed by atoms with Gasteiger partial charge in [0.25, 0.3) is 0 Å². The van der Waals surface area contributed by atoms with Crippen LogP contribution in [0.25, 0.3) is 0 Å². The average Bonchev–Trinajstić information content (AvgIpc) is 3.01. The minimum absolute atomic E-state index is 0.0135. The zero-order chi connectivity index (χ0) is 18.7. The fourth-order valence-electron chi connectivity index (χ4n) is 4.25. The summed E-state index contributed by atoms with van der Waals surface area (Å²) in [6.45, 7) is 3.98. The summed E-state index contributed by atoms with van der Waals surface area (Å²) in [6, 6.07) is 5.52. The Bertz CT molecular complexity index is 674. The number of rotatable bonds is 4. The number of nitrogens with one attached hydrogen (secondary N) is 1. The van der Waals surface area contributed by atoms with E-state index in [-0.39, 0.29) is 17.6 Å². The van der Waals surface area contributed by atoms with Crippen molar-refractivity contribution in [3.8, 4) is 11.5 Å². The fourth-order valence-corrected chi connectivity index (χ4v) is 4.25. The van der Waals surface area contributed by atoms with Crippen LogP contribution in [0.4, 0.5) is 5.69 Å². The summed E-state index contributed by atoms with van der Waals surface area (Å²) in [5.41, 5.74) is 0.566. The Hall–Kier alpha value is -1.83. The Balaban J connectivity index is 1.34. The van der Waals surface area contributed by atoms with Crippen LogP contribution < -0.4 is 14.8 Å². The van der Waals surface area contributed by atoms with Gasteiger partial charge >= 0.3 is 0 Å². The standard InChI is InChI=1S/C20H28N2O5/c1-24-18-13-22(8-7-20(18)6-2-11-27-20)14-19(23)21-15-4-5-16-17(12-15)26-10-3-9-25-16/h4-5,12,18H,2-3,6-11,13-14H2,1H3,(H,21,23). The predicted octanol–water partition coefficient (Wildman–Crippen LogP) is 2.06. The van der Waals surface area contributed by atoms with Gasteiger partial charge in [0.15, 0.2) is 11.5 Å². The fraction of sp³-hybridized carbons (Fsp3) is 0.650. The summed E-state index contributed by atoms with van der Waals surface area (Å²) in [4.78, 5) is 14.7.